The monoisotopic (exact) mass is 444 g/mol. The molecule has 1 fully saturated rings. The molecule has 0 aromatic carbocycles. The Kier molecular flexibility index (Phi) is 10.2. The molecule has 0 N–H and O–H groups in total. The predicted octanol–water partition coefficient (Wildman–Crippen LogP) is 3.00. The predicted molar refractivity (Wildman–Crippen MR) is 93.0 cm³/mol. The van der Waals surface area contributed by atoms with Crippen LogP contribution >= 0.6 is 7.60 Å². The molecule has 8 nitrogen and oxygen atoms in total. The van der Waals surface area contributed by atoms with Crippen LogP contribution in [0.3, 0.4) is 0 Å². The molecule has 0 saturated carbocycles. The fourth-order valence-corrected chi connectivity index (χ4v) is 7.77. The van der Waals surface area contributed by atoms with E-state index in [1.54, 1.807) is 20.8 Å². The maximum absolute atomic E-state index is 13.1. The third-order valence-electron chi connectivity index (χ3n) is 3.20. The summed E-state index contributed by atoms with van der Waals surface area (Å²) >= 11 is -2.55. The first kappa shape index (κ1) is 23.1. The maximum atomic E-state index is 13.1. The zero-order chi connectivity index (χ0) is 18.9. The van der Waals surface area contributed by atoms with Gasteiger partial charge in [0.05, 0.1) is 0 Å². The Hall–Kier alpha value is 0.0584. The van der Waals surface area contributed by atoms with E-state index in [0.717, 1.165) is 0 Å². The van der Waals surface area contributed by atoms with E-state index >= 15 is 0 Å². The van der Waals surface area contributed by atoms with E-state index in [1.165, 1.54) is 0 Å². The van der Waals surface area contributed by atoms with Crippen LogP contribution in [0.4, 0.5) is 0 Å². The van der Waals surface area contributed by atoms with Crippen molar-refractivity contribution in [3.05, 3.63) is 0 Å². The van der Waals surface area contributed by atoms with Gasteiger partial charge in [-0.25, -0.2) is 0 Å². The Morgan fingerprint density at radius 3 is 2.16 bits per heavy atom. The average molecular weight is 444 g/mol. The van der Waals surface area contributed by atoms with Crippen molar-refractivity contribution in [2.24, 2.45) is 5.41 Å². The quantitative estimate of drug-likeness (QED) is 0.273. The fourth-order valence-electron chi connectivity index (χ4n) is 2.00. The van der Waals surface area contributed by atoms with E-state index in [2.05, 4.69) is 0 Å². The summed E-state index contributed by atoms with van der Waals surface area (Å²) in [5, 5.41) is 0. The van der Waals surface area contributed by atoms with Crippen molar-refractivity contribution in [2.75, 3.05) is 33.0 Å². The molecular weight excluding hydrogens is 414 g/mol. The number of rotatable bonds is 11. The van der Waals surface area contributed by atoms with Crippen LogP contribution in [-0.4, -0.2) is 60.5 Å². The Bertz CT molecular complexity index is 439. The van der Waals surface area contributed by atoms with Crippen molar-refractivity contribution >= 4 is 29.2 Å². The van der Waals surface area contributed by atoms with Gasteiger partial charge in [-0.2, -0.15) is 0 Å². The van der Waals surface area contributed by atoms with Crippen molar-refractivity contribution < 1.29 is 34.3 Å². The average Bonchev–Trinajstić information content (AvgIpc) is 2.53. The summed E-state index contributed by atoms with van der Waals surface area (Å²) in [5.41, 5.74) is -0.0848. The van der Waals surface area contributed by atoms with Gasteiger partial charge in [0.15, 0.2) is 0 Å². The molecule has 0 bridgehead atoms. The van der Waals surface area contributed by atoms with Gasteiger partial charge in [0, 0.05) is 0 Å². The summed E-state index contributed by atoms with van der Waals surface area (Å²) in [4.78, 5) is 11.7. The van der Waals surface area contributed by atoms with Crippen LogP contribution in [0.25, 0.3) is 0 Å². The Balaban J connectivity index is 2.79. The van der Waals surface area contributed by atoms with Crippen molar-refractivity contribution in [3.8, 4) is 0 Å². The summed E-state index contributed by atoms with van der Waals surface area (Å²) in [6, 6.07) is 0. The standard InChI is InChI=1S/C15H30AsO8P/c1-6-19-13(17)9-10-14(25(18,22-7-2)23-8-3)24-16-20-11-15(4,5)12-21-16/h14H,6-12H2,1-5H3. The summed E-state index contributed by atoms with van der Waals surface area (Å²) in [7, 11) is -3.56. The number of ether oxygens (including phenoxy) is 1. The van der Waals surface area contributed by atoms with Crippen LogP contribution in [0.15, 0.2) is 0 Å². The van der Waals surface area contributed by atoms with Crippen LogP contribution in [0.2, 0.25) is 0 Å². The molecule has 1 unspecified atom stereocenters. The molecule has 148 valence electrons. The molecule has 0 aromatic heterocycles. The second-order valence-corrected chi connectivity index (χ2v) is 10.8. The SMILES string of the molecule is CCOC(=O)CCC(O[As]1OCC(C)(C)CO1)P(=O)(OCC)OCC. The third kappa shape index (κ3) is 8.08. The van der Waals surface area contributed by atoms with Gasteiger partial charge in [0.25, 0.3) is 0 Å². The van der Waals surface area contributed by atoms with E-state index in [0.29, 0.717) is 13.2 Å². The molecule has 25 heavy (non-hydrogen) atoms. The van der Waals surface area contributed by atoms with Crippen molar-refractivity contribution in [1.29, 1.82) is 0 Å². The number of carbonyl (C=O) groups is 1. The molecule has 1 rings (SSSR count). The zero-order valence-corrected chi connectivity index (χ0v) is 18.5. The second kappa shape index (κ2) is 11.0. The van der Waals surface area contributed by atoms with Gasteiger partial charge in [-0.3, -0.25) is 0 Å². The van der Waals surface area contributed by atoms with Crippen molar-refractivity contribution in [1.82, 2.24) is 0 Å². The molecule has 10 heteroatoms. The summed E-state index contributed by atoms with van der Waals surface area (Å²) in [5.74, 6) is -1.30. The van der Waals surface area contributed by atoms with E-state index in [1.807, 2.05) is 13.8 Å². The number of esters is 1. The molecule has 1 saturated heterocycles. The minimum absolute atomic E-state index is 0.0520. The van der Waals surface area contributed by atoms with Gasteiger partial charge in [0.1, 0.15) is 0 Å². The molecule has 0 spiro atoms. The normalized spacial score (nSPS) is 19.6. The Morgan fingerprint density at radius 1 is 1.12 bits per heavy atom. The van der Waals surface area contributed by atoms with Gasteiger partial charge >= 0.3 is 155 Å². The van der Waals surface area contributed by atoms with Gasteiger partial charge < -0.3 is 0 Å². The van der Waals surface area contributed by atoms with Crippen LogP contribution in [0.5, 0.6) is 0 Å². The van der Waals surface area contributed by atoms with Crippen molar-refractivity contribution in [2.45, 2.75) is 53.3 Å². The molecule has 0 aromatic rings. The topological polar surface area (TPSA) is 89.5 Å². The Morgan fingerprint density at radius 2 is 1.68 bits per heavy atom. The van der Waals surface area contributed by atoms with E-state index in [9.17, 15) is 9.36 Å². The molecule has 0 aliphatic carbocycles. The minimum atomic E-state index is -3.56. The first-order chi connectivity index (χ1) is 11.8. The Labute approximate surface area is 155 Å². The first-order valence-corrected chi connectivity index (χ1v) is 12.4. The third-order valence-corrected chi connectivity index (χ3v) is 8.19. The van der Waals surface area contributed by atoms with E-state index in [-0.39, 0.29) is 44.0 Å². The van der Waals surface area contributed by atoms with Gasteiger partial charge in [-0.15, -0.1) is 0 Å². The molecule has 0 amide bonds. The van der Waals surface area contributed by atoms with E-state index < -0.39 is 29.1 Å². The summed E-state index contributed by atoms with van der Waals surface area (Å²) < 4.78 is 46.0. The van der Waals surface area contributed by atoms with Crippen LogP contribution in [-0.2, 0) is 34.3 Å². The van der Waals surface area contributed by atoms with E-state index in [4.69, 9.17) is 25.0 Å². The zero-order valence-electron chi connectivity index (χ0n) is 15.7. The molecule has 1 aliphatic heterocycles. The molecule has 1 atom stereocenters. The first-order valence-electron chi connectivity index (χ1n) is 8.53. The molecule has 1 heterocycles. The summed E-state index contributed by atoms with van der Waals surface area (Å²) in [6.45, 7) is 11.0. The van der Waals surface area contributed by atoms with Gasteiger partial charge in [-0.1, -0.05) is 0 Å². The van der Waals surface area contributed by atoms with Gasteiger partial charge in [-0.05, 0) is 0 Å². The molecular formula is C15H30AsO8P. The van der Waals surface area contributed by atoms with Gasteiger partial charge in [0.2, 0.25) is 0 Å². The van der Waals surface area contributed by atoms with Crippen LogP contribution in [0.1, 0.15) is 47.5 Å². The number of hydrogen-bond donors (Lipinski definition) is 0. The summed E-state index contributed by atoms with van der Waals surface area (Å²) in [6.07, 6.45) is 0.202. The van der Waals surface area contributed by atoms with Crippen molar-refractivity contribution in [3.63, 3.8) is 0 Å². The van der Waals surface area contributed by atoms with Crippen LogP contribution in [0, 0.1) is 5.41 Å². The molecule has 0 radical (unpaired) electrons. The molecule has 1 aliphatic rings. The number of hydrogen-bond acceptors (Lipinski definition) is 8. The number of carbonyl (C=O) groups excluding carboxylic acids is 1. The van der Waals surface area contributed by atoms with Crippen LogP contribution < -0.4 is 0 Å². The second-order valence-electron chi connectivity index (χ2n) is 6.21. The fraction of sp³-hybridized carbons (Fsp3) is 0.933.